The molecule has 0 aliphatic carbocycles. The molecule has 1 fully saturated rings. The minimum absolute atomic E-state index is 0.0133. The maximum atomic E-state index is 10.8. The lowest BCUT2D eigenvalue weighted by atomic mass is 10.2. The van der Waals surface area contributed by atoms with E-state index >= 15 is 0 Å². The molecule has 92 valence electrons. The summed E-state index contributed by atoms with van der Waals surface area (Å²) in [5, 5.41) is 11.2. The van der Waals surface area contributed by atoms with Gasteiger partial charge in [-0.05, 0) is 0 Å². The number of rotatable bonds is 2. The number of pyridine rings is 1. The monoisotopic (exact) mass is 275 g/mol. The summed E-state index contributed by atoms with van der Waals surface area (Å²) >= 11 is 12.0. The molecular weight excluding hydrogens is 267 g/mol. The predicted octanol–water partition coefficient (Wildman–Crippen LogP) is 0.588. The van der Waals surface area contributed by atoms with Crippen LogP contribution in [0.4, 0.5) is 5.69 Å². The lowest BCUT2D eigenvalue weighted by Crippen LogP contribution is -2.37. The third-order valence-corrected chi connectivity index (χ3v) is 3.10. The van der Waals surface area contributed by atoms with Crippen LogP contribution in [0.25, 0.3) is 0 Å². The summed E-state index contributed by atoms with van der Waals surface area (Å²) in [5.74, 6) is -1.42. The largest absolute Gasteiger partial charge is 0.543 e. The van der Waals surface area contributed by atoms with E-state index in [2.05, 4.69) is 4.98 Å². The molecule has 0 unspecified atom stereocenters. The molecule has 0 saturated carbocycles. The van der Waals surface area contributed by atoms with E-state index in [-0.39, 0.29) is 10.7 Å². The molecule has 7 heteroatoms. The number of morpholine rings is 1. The molecule has 2 rings (SSSR count). The molecule has 1 aliphatic rings. The topological polar surface area (TPSA) is 65.5 Å². The second-order valence-electron chi connectivity index (χ2n) is 3.50. The number of carbonyl (C=O) groups is 1. The Morgan fingerprint density at radius 3 is 2.65 bits per heavy atom. The number of hydrogen-bond acceptors (Lipinski definition) is 5. The van der Waals surface area contributed by atoms with Crippen LogP contribution in [0.3, 0.4) is 0 Å². The van der Waals surface area contributed by atoms with E-state index in [0.29, 0.717) is 37.0 Å². The summed E-state index contributed by atoms with van der Waals surface area (Å²) < 4.78 is 5.21. The van der Waals surface area contributed by atoms with Crippen LogP contribution in [-0.2, 0) is 4.74 Å². The first kappa shape index (κ1) is 12.4. The number of anilines is 1. The van der Waals surface area contributed by atoms with E-state index < -0.39 is 5.97 Å². The van der Waals surface area contributed by atoms with Crippen LogP contribution in [0.2, 0.25) is 10.0 Å². The number of aromatic carboxylic acids is 1. The van der Waals surface area contributed by atoms with Gasteiger partial charge in [-0.25, -0.2) is 0 Å². The second-order valence-corrected chi connectivity index (χ2v) is 4.29. The first-order valence-corrected chi connectivity index (χ1v) is 5.75. The number of carbonyl (C=O) groups excluding carboxylic acids is 1. The molecule has 1 aromatic rings. The fourth-order valence-electron chi connectivity index (χ4n) is 1.68. The van der Waals surface area contributed by atoms with Gasteiger partial charge in [-0.15, -0.1) is 0 Å². The molecule has 0 aromatic carbocycles. The van der Waals surface area contributed by atoms with Crippen molar-refractivity contribution >= 4 is 34.9 Å². The summed E-state index contributed by atoms with van der Waals surface area (Å²) in [6, 6.07) is 0. The zero-order chi connectivity index (χ0) is 12.4. The van der Waals surface area contributed by atoms with Gasteiger partial charge in [0.15, 0.2) is 0 Å². The highest BCUT2D eigenvalue weighted by atomic mass is 35.5. The minimum Gasteiger partial charge on any atom is -0.543 e. The van der Waals surface area contributed by atoms with Gasteiger partial charge in [0.2, 0.25) is 0 Å². The molecule has 1 aromatic heterocycles. The number of hydrogen-bond donors (Lipinski definition) is 0. The van der Waals surface area contributed by atoms with E-state index in [1.807, 2.05) is 4.90 Å². The van der Waals surface area contributed by atoms with Crippen LogP contribution >= 0.6 is 23.2 Å². The Bertz CT molecular complexity index is 447. The standard InChI is InChI=1S/C10H10Cl2N2O3/c11-6-5-13-8(10(15)16)7(12)9(6)14-1-3-17-4-2-14/h5H,1-4H2,(H,15,16)/p-1. The van der Waals surface area contributed by atoms with Crippen molar-refractivity contribution < 1.29 is 14.6 Å². The second kappa shape index (κ2) is 5.08. The molecule has 0 radical (unpaired) electrons. The summed E-state index contributed by atoms with van der Waals surface area (Å²) in [6.45, 7) is 2.32. The van der Waals surface area contributed by atoms with Gasteiger partial charge in [0.1, 0.15) is 5.69 Å². The zero-order valence-electron chi connectivity index (χ0n) is 8.78. The van der Waals surface area contributed by atoms with Crippen LogP contribution in [-0.4, -0.2) is 37.3 Å². The average Bonchev–Trinajstić information content (AvgIpc) is 2.30. The van der Waals surface area contributed by atoms with Crippen molar-refractivity contribution in [1.29, 1.82) is 0 Å². The smallest absolute Gasteiger partial charge is 0.106 e. The number of carboxylic acid groups (broad SMARTS) is 1. The van der Waals surface area contributed by atoms with Crippen molar-refractivity contribution in [1.82, 2.24) is 4.98 Å². The zero-order valence-corrected chi connectivity index (χ0v) is 10.3. The molecule has 5 nitrogen and oxygen atoms in total. The number of halogens is 2. The first-order valence-electron chi connectivity index (χ1n) is 4.99. The van der Waals surface area contributed by atoms with Gasteiger partial charge >= 0.3 is 0 Å². The van der Waals surface area contributed by atoms with Gasteiger partial charge in [-0.3, -0.25) is 4.98 Å². The van der Waals surface area contributed by atoms with Crippen molar-refractivity contribution in [3.8, 4) is 0 Å². The Morgan fingerprint density at radius 2 is 2.06 bits per heavy atom. The van der Waals surface area contributed by atoms with Crippen LogP contribution < -0.4 is 10.0 Å². The third-order valence-electron chi connectivity index (χ3n) is 2.47. The van der Waals surface area contributed by atoms with E-state index in [4.69, 9.17) is 27.9 Å². The summed E-state index contributed by atoms with van der Waals surface area (Å²) in [6.07, 6.45) is 1.27. The number of carboxylic acids is 1. The Hall–Kier alpha value is -1.04. The van der Waals surface area contributed by atoms with Crippen LogP contribution in [0.1, 0.15) is 10.5 Å². The van der Waals surface area contributed by atoms with Gasteiger partial charge in [-0.2, -0.15) is 0 Å². The molecule has 0 N–H and O–H groups in total. The lowest BCUT2D eigenvalue weighted by molar-refractivity contribution is -0.255. The molecule has 0 atom stereocenters. The lowest BCUT2D eigenvalue weighted by Gasteiger charge is -2.30. The van der Waals surface area contributed by atoms with Gasteiger partial charge in [0.05, 0.1) is 34.9 Å². The maximum absolute atomic E-state index is 10.8. The highest BCUT2D eigenvalue weighted by molar-refractivity contribution is 6.40. The molecule has 17 heavy (non-hydrogen) atoms. The normalized spacial score (nSPS) is 16.0. The van der Waals surface area contributed by atoms with Crippen LogP contribution in [0.15, 0.2) is 6.20 Å². The minimum atomic E-state index is -1.42. The van der Waals surface area contributed by atoms with Gasteiger partial charge in [0.25, 0.3) is 0 Å². The van der Waals surface area contributed by atoms with E-state index in [1.54, 1.807) is 0 Å². The Kier molecular flexibility index (Phi) is 3.71. The number of aromatic nitrogens is 1. The molecule has 2 heterocycles. The Morgan fingerprint density at radius 1 is 1.41 bits per heavy atom. The molecular formula is C10H9Cl2N2O3-. The molecule has 0 amide bonds. The van der Waals surface area contributed by atoms with Gasteiger partial charge in [-0.1, -0.05) is 23.2 Å². The van der Waals surface area contributed by atoms with Crippen molar-refractivity contribution in [3.05, 3.63) is 21.9 Å². The first-order chi connectivity index (χ1) is 8.11. The van der Waals surface area contributed by atoms with Crippen molar-refractivity contribution in [2.45, 2.75) is 0 Å². The molecule has 1 aliphatic heterocycles. The van der Waals surface area contributed by atoms with Crippen molar-refractivity contribution in [2.75, 3.05) is 31.2 Å². The summed E-state index contributed by atoms with van der Waals surface area (Å²) in [5.41, 5.74) is 0.184. The summed E-state index contributed by atoms with van der Waals surface area (Å²) in [4.78, 5) is 16.3. The van der Waals surface area contributed by atoms with Crippen molar-refractivity contribution in [2.24, 2.45) is 0 Å². The van der Waals surface area contributed by atoms with E-state index in [1.165, 1.54) is 6.20 Å². The molecule has 0 spiro atoms. The molecule has 0 bridgehead atoms. The molecule has 1 saturated heterocycles. The fourth-order valence-corrected chi connectivity index (χ4v) is 2.33. The SMILES string of the molecule is O=C([O-])c1ncc(Cl)c(N2CCOCC2)c1Cl. The number of nitrogens with zero attached hydrogens (tertiary/aromatic N) is 2. The highest BCUT2D eigenvalue weighted by Gasteiger charge is 2.20. The van der Waals surface area contributed by atoms with Gasteiger partial charge < -0.3 is 19.5 Å². The Labute approximate surface area is 108 Å². The quantitative estimate of drug-likeness (QED) is 0.791. The highest BCUT2D eigenvalue weighted by Crippen LogP contribution is 2.35. The van der Waals surface area contributed by atoms with E-state index in [9.17, 15) is 9.90 Å². The average molecular weight is 276 g/mol. The van der Waals surface area contributed by atoms with Crippen LogP contribution in [0, 0.1) is 0 Å². The number of ether oxygens (including phenoxy) is 1. The van der Waals surface area contributed by atoms with E-state index in [0.717, 1.165) is 0 Å². The fraction of sp³-hybridized carbons (Fsp3) is 0.400. The van der Waals surface area contributed by atoms with Crippen molar-refractivity contribution in [3.63, 3.8) is 0 Å². The van der Waals surface area contributed by atoms with Gasteiger partial charge in [0, 0.05) is 19.3 Å². The van der Waals surface area contributed by atoms with Crippen LogP contribution in [0.5, 0.6) is 0 Å². The maximum Gasteiger partial charge on any atom is 0.106 e. The third kappa shape index (κ3) is 2.46. The predicted molar refractivity (Wildman–Crippen MR) is 61.6 cm³/mol. The Balaban J connectivity index is 2.43. The summed E-state index contributed by atoms with van der Waals surface area (Å²) in [7, 11) is 0.